The molecule has 1 aliphatic rings. The largest absolute Gasteiger partial charge is 0.309 e. The third-order valence-electron chi connectivity index (χ3n) is 10.9. The summed E-state index contributed by atoms with van der Waals surface area (Å²) in [7, 11) is 0. The molecule has 10 aromatic rings. The Hall–Kier alpha value is -5.64. The number of nitrogens with zero attached hydrogens (tertiary/aromatic N) is 2. The van der Waals surface area contributed by atoms with Crippen LogP contribution >= 0.6 is 11.3 Å². The molecule has 1 aliphatic carbocycles. The van der Waals surface area contributed by atoms with Crippen LogP contribution < -0.4 is 0 Å². The lowest BCUT2D eigenvalue weighted by Gasteiger charge is -2.22. The molecule has 0 unspecified atom stereocenters. The third kappa shape index (κ3) is 3.31. The SMILES string of the molecule is CC1(C)c2ccccc2-c2ccc(-n3c4ccccc4c4cc5c6ccc7sc8ccccc8c7c6n(-c6ccccc6)c5cc43)cc21. The zero-order valence-corrected chi connectivity index (χ0v) is 27.5. The van der Waals surface area contributed by atoms with Gasteiger partial charge in [-0.1, -0.05) is 105 Å². The van der Waals surface area contributed by atoms with Crippen LogP contribution in [0.15, 0.2) is 146 Å². The van der Waals surface area contributed by atoms with Gasteiger partial charge < -0.3 is 9.13 Å². The van der Waals surface area contributed by atoms with Crippen molar-refractivity contribution in [1.29, 1.82) is 0 Å². The molecular weight excluding hydrogens is 601 g/mol. The number of thiophene rings is 1. The van der Waals surface area contributed by atoms with E-state index in [0.29, 0.717) is 0 Å². The van der Waals surface area contributed by atoms with Crippen molar-refractivity contribution in [1.82, 2.24) is 9.13 Å². The van der Waals surface area contributed by atoms with Crippen LogP contribution in [-0.2, 0) is 5.41 Å². The van der Waals surface area contributed by atoms with Crippen molar-refractivity contribution >= 4 is 75.1 Å². The molecule has 0 aliphatic heterocycles. The molecule has 0 saturated heterocycles. The highest BCUT2D eigenvalue weighted by Crippen LogP contribution is 2.50. The summed E-state index contributed by atoms with van der Waals surface area (Å²) in [5.74, 6) is 0. The van der Waals surface area contributed by atoms with E-state index in [1.54, 1.807) is 0 Å². The number of fused-ring (bicyclic) bond motifs is 13. The number of rotatable bonds is 2. The van der Waals surface area contributed by atoms with Gasteiger partial charge in [-0.25, -0.2) is 0 Å². The van der Waals surface area contributed by atoms with Gasteiger partial charge in [-0.15, -0.1) is 11.3 Å². The molecule has 7 aromatic carbocycles. The summed E-state index contributed by atoms with van der Waals surface area (Å²) in [5, 5.41) is 7.80. The maximum Gasteiger partial charge on any atom is 0.0634 e. The molecule has 0 amide bonds. The van der Waals surface area contributed by atoms with E-state index in [-0.39, 0.29) is 5.41 Å². The minimum atomic E-state index is -0.0671. The Morgan fingerprint density at radius 2 is 1.15 bits per heavy atom. The topological polar surface area (TPSA) is 9.86 Å². The number of para-hydroxylation sites is 2. The first-order chi connectivity index (χ1) is 23.6. The molecule has 0 spiro atoms. The molecule has 226 valence electrons. The standard InChI is InChI=1S/C45H30N2S/c1-45(2)36-17-9-6-14-29(36)30-21-20-28(24-37(30)45)46-38-18-10-7-15-31(38)34-25-35-32-22-23-42-43(33-16-8-11-19-41(33)48-42)44(32)47(40(35)26-39(34)46)27-12-4-3-5-13-27/h3-26H,1-2H3. The maximum atomic E-state index is 2.51. The lowest BCUT2D eigenvalue weighted by Crippen LogP contribution is -2.15. The Balaban J connectivity index is 1.28. The fraction of sp³-hybridized carbons (Fsp3) is 0.0667. The Labute approximate surface area is 281 Å². The molecule has 0 saturated carbocycles. The van der Waals surface area contributed by atoms with E-state index in [0.717, 1.165) is 0 Å². The Bertz CT molecular complexity index is 2970. The monoisotopic (exact) mass is 630 g/mol. The van der Waals surface area contributed by atoms with Crippen LogP contribution in [0.25, 0.3) is 86.3 Å². The van der Waals surface area contributed by atoms with Gasteiger partial charge >= 0.3 is 0 Å². The van der Waals surface area contributed by atoms with Gasteiger partial charge in [-0.3, -0.25) is 0 Å². The normalized spacial score (nSPS) is 13.8. The minimum Gasteiger partial charge on any atom is -0.309 e. The highest BCUT2D eigenvalue weighted by atomic mass is 32.1. The summed E-state index contributed by atoms with van der Waals surface area (Å²) in [6.07, 6.45) is 0. The van der Waals surface area contributed by atoms with Crippen molar-refractivity contribution in [3.63, 3.8) is 0 Å². The predicted octanol–water partition coefficient (Wildman–Crippen LogP) is 12.6. The zero-order chi connectivity index (χ0) is 31.7. The number of aromatic nitrogens is 2. The Morgan fingerprint density at radius 3 is 2.04 bits per heavy atom. The van der Waals surface area contributed by atoms with Gasteiger partial charge in [0.05, 0.1) is 22.1 Å². The average molecular weight is 631 g/mol. The molecular formula is C45H30N2S. The quantitative estimate of drug-likeness (QED) is 0.180. The summed E-state index contributed by atoms with van der Waals surface area (Å²) >= 11 is 1.88. The Morgan fingerprint density at radius 1 is 0.438 bits per heavy atom. The molecule has 2 nitrogen and oxygen atoms in total. The fourth-order valence-electron chi connectivity index (χ4n) is 8.73. The van der Waals surface area contributed by atoms with E-state index < -0.39 is 0 Å². The molecule has 3 heterocycles. The summed E-state index contributed by atoms with van der Waals surface area (Å²) in [6.45, 7) is 4.73. The summed E-state index contributed by atoms with van der Waals surface area (Å²) in [4.78, 5) is 0. The van der Waals surface area contributed by atoms with Crippen molar-refractivity contribution in [2.75, 3.05) is 0 Å². The second-order valence-electron chi connectivity index (χ2n) is 13.7. The molecule has 0 fully saturated rings. The number of hydrogen-bond donors (Lipinski definition) is 0. The summed E-state index contributed by atoms with van der Waals surface area (Å²) < 4.78 is 7.65. The van der Waals surface area contributed by atoms with E-state index >= 15 is 0 Å². The van der Waals surface area contributed by atoms with Crippen LogP contribution in [0.4, 0.5) is 0 Å². The van der Waals surface area contributed by atoms with Gasteiger partial charge in [0.25, 0.3) is 0 Å². The molecule has 0 radical (unpaired) electrons. The maximum absolute atomic E-state index is 2.51. The lowest BCUT2D eigenvalue weighted by molar-refractivity contribution is 0.660. The highest BCUT2D eigenvalue weighted by Gasteiger charge is 2.35. The van der Waals surface area contributed by atoms with Crippen molar-refractivity contribution in [2.24, 2.45) is 0 Å². The second kappa shape index (κ2) is 9.25. The lowest BCUT2D eigenvalue weighted by atomic mass is 9.82. The predicted molar refractivity (Wildman–Crippen MR) is 206 cm³/mol. The van der Waals surface area contributed by atoms with Gasteiger partial charge in [0.1, 0.15) is 0 Å². The molecule has 0 atom stereocenters. The molecule has 3 heteroatoms. The van der Waals surface area contributed by atoms with E-state index in [1.165, 1.54) is 97.4 Å². The van der Waals surface area contributed by atoms with Crippen LogP contribution in [0.1, 0.15) is 25.0 Å². The van der Waals surface area contributed by atoms with E-state index in [4.69, 9.17) is 0 Å². The van der Waals surface area contributed by atoms with Gasteiger partial charge in [0, 0.05) is 58.5 Å². The van der Waals surface area contributed by atoms with Crippen LogP contribution in [-0.4, -0.2) is 9.13 Å². The van der Waals surface area contributed by atoms with Crippen LogP contribution in [0.2, 0.25) is 0 Å². The second-order valence-corrected chi connectivity index (χ2v) is 14.8. The molecule has 0 bridgehead atoms. The van der Waals surface area contributed by atoms with E-state index in [9.17, 15) is 0 Å². The van der Waals surface area contributed by atoms with Crippen molar-refractivity contribution < 1.29 is 0 Å². The van der Waals surface area contributed by atoms with Gasteiger partial charge in [0.2, 0.25) is 0 Å². The van der Waals surface area contributed by atoms with Crippen molar-refractivity contribution in [3.05, 3.63) is 157 Å². The first kappa shape index (κ1) is 26.4. The highest BCUT2D eigenvalue weighted by molar-refractivity contribution is 7.26. The first-order valence-corrected chi connectivity index (χ1v) is 17.5. The zero-order valence-electron chi connectivity index (χ0n) is 26.7. The van der Waals surface area contributed by atoms with Gasteiger partial charge in [-0.05, 0) is 76.9 Å². The smallest absolute Gasteiger partial charge is 0.0634 e. The van der Waals surface area contributed by atoms with Crippen LogP contribution in [0, 0.1) is 0 Å². The van der Waals surface area contributed by atoms with Gasteiger partial charge in [-0.2, -0.15) is 0 Å². The van der Waals surface area contributed by atoms with Crippen LogP contribution in [0.5, 0.6) is 0 Å². The molecule has 3 aromatic heterocycles. The van der Waals surface area contributed by atoms with Crippen molar-refractivity contribution in [2.45, 2.75) is 19.3 Å². The summed E-state index contributed by atoms with van der Waals surface area (Å²) in [6, 6.07) is 54.2. The minimum absolute atomic E-state index is 0.0671. The third-order valence-corrected chi connectivity index (χ3v) is 12.0. The fourth-order valence-corrected chi connectivity index (χ4v) is 9.84. The van der Waals surface area contributed by atoms with Gasteiger partial charge in [0.15, 0.2) is 0 Å². The number of hydrogen-bond acceptors (Lipinski definition) is 1. The molecule has 11 rings (SSSR count). The Kier molecular flexibility index (Phi) is 5.09. The number of benzene rings is 7. The van der Waals surface area contributed by atoms with Crippen LogP contribution in [0.3, 0.4) is 0 Å². The molecule has 0 N–H and O–H groups in total. The van der Waals surface area contributed by atoms with E-state index in [2.05, 4.69) is 169 Å². The summed E-state index contributed by atoms with van der Waals surface area (Å²) in [5.41, 5.74) is 12.8. The van der Waals surface area contributed by atoms with Crippen molar-refractivity contribution in [3.8, 4) is 22.5 Å². The molecule has 48 heavy (non-hydrogen) atoms. The first-order valence-electron chi connectivity index (χ1n) is 16.7. The van der Waals surface area contributed by atoms with E-state index in [1.807, 2.05) is 11.3 Å². The average Bonchev–Trinajstić information content (AvgIpc) is 3.83.